The molecule has 0 radical (unpaired) electrons. The third-order valence-corrected chi connectivity index (χ3v) is 5.67. The van der Waals surface area contributed by atoms with Gasteiger partial charge in [-0.1, -0.05) is 41.4 Å². The van der Waals surface area contributed by atoms with E-state index in [9.17, 15) is 23.1 Å². The molecule has 4 N–H and O–H groups in total. The van der Waals surface area contributed by atoms with Crippen molar-refractivity contribution in [1.82, 2.24) is 10.2 Å². The van der Waals surface area contributed by atoms with E-state index < -0.39 is 31.2 Å². The number of likely N-dealkylation sites (N-methyl/N-ethyl adjacent to an activating group) is 1. The minimum absolute atomic E-state index is 0.00813. The number of amides is 1. The lowest BCUT2D eigenvalue weighted by Gasteiger charge is -2.30. The van der Waals surface area contributed by atoms with Crippen LogP contribution in [0.2, 0.25) is 10.0 Å². The van der Waals surface area contributed by atoms with Crippen molar-refractivity contribution < 1.29 is 23.1 Å². The smallest absolute Gasteiger partial charge is 0.387 e. The minimum Gasteiger partial charge on any atom is -0.387 e. The third kappa shape index (κ3) is 8.41. The first-order chi connectivity index (χ1) is 17.0. The van der Waals surface area contributed by atoms with Crippen molar-refractivity contribution in [2.45, 2.75) is 25.6 Å². The fourth-order valence-corrected chi connectivity index (χ4v) is 3.63. The zero-order valence-corrected chi connectivity index (χ0v) is 20.5. The number of hydrogen-bond acceptors (Lipinski definition) is 5. The number of nitriles is 1. The highest BCUT2D eigenvalue weighted by Crippen LogP contribution is 2.25. The van der Waals surface area contributed by atoms with Crippen molar-refractivity contribution in [1.29, 1.82) is 10.7 Å². The number of benzene rings is 2. The molecule has 2 aromatic rings. The molecule has 8 nitrogen and oxygen atoms in total. The quantitative estimate of drug-likeness (QED) is 0.163. The van der Waals surface area contributed by atoms with Gasteiger partial charge in [0.15, 0.2) is 6.19 Å². The molecule has 0 saturated heterocycles. The van der Waals surface area contributed by atoms with Gasteiger partial charge in [0, 0.05) is 12.2 Å². The maximum atomic E-state index is 12.7. The number of nitrogens with zero attached hydrogens (tertiary/aromatic N) is 3. The zero-order valence-electron chi connectivity index (χ0n) is 19.0. The molecule has 0 aliphatic carbocycles. The van der Waals surface area contributed by atoms with Gasteiger partial charge < -0.3 is 20.7 Å². The van der Waals surface area contributed by atoms with Crippen LogP contribution >= 0.6 is 23.2 Å². The minimum atomic E-state index is -4.39. The fourth-order valence-electron chi connectivity index (χ4n) is 3.33. The molecule has 1 unspecified atom stereocenters. The number of carbonyl (C=O) groups excluding carboxylic acids is 1. The number of carbonyl (C=O) groups is 1. The van der Waals surface area contributed by atoms with Gasteiger partial charge in [-0.05, 0) is 42.3 Å². The van der Waals surface area contributed by atoms with Gasteiger partial charge in [0.1, 0.15) is 6.61 Å². The SMILES string of the molecule is CCN(C(=O)CO)C(CN=C(NC#N)Nc1cccc(CC(F)(F)F)c1)C(=N)c1ccc(Cl)c(Cl)c1. The molecule has 2 aromatic carbocycles. The maximum Gasteiger partial charge on any atom is 0.393 e. The molecule has 2 rings (SSSR count). The van der Waals surface area contributed by atoms with Gasteiger partial charge >= 0.3 is 6.18 Å². The lowest BCUT2D eigenvalue weighted by molar-refractivity contribution is -0.135. The Balaban J connectivity index is 2.37. The summed E-state index contributed by atoms with van der Waals surface area (Å²) in [4.78, 5) is 17.9. The van der Waals surface area contributed by atoms with Crippen LogP contribution in [0.5, 0.6) is 0 Å². The predicted molar refractivity (Wildman–Crippen MR) is 132 cm³/mol. The summed E-state index contributed by atoms with van der Waals surface area (Å²) in [5.41, 5.74) is 0.558. The largest absolute Gasteiger partial charge is 0.393 e. The predicted octanol–water partition coefficient (Wildman–Crippen LogP) is 4.21. The second-order valence-corrected chi connectivity index (χ2v) is 8.25. The van der Waals surface area contributed by atoms with E-state index in [1.54, 1.807) is 19.2 Å². The Morgan fingerprint density at radius 1 is 1.25 bits per heavy atom. The van der Waals surface area contributed by atoms with Gasteiger partial charge in [-0.3, -0.25) is 10.1 Å². The van der Waals surface area contributed by atoms with E-state index in [1.165, 1.54) is 41.3 Å². The van der Waals surface area contributed by atoms with Gasteiger partial charge in [-0.2, -0.15) is 18.4 Å². The van der Waals surface area contributed by atoms with E-state index in [0.29, 0.717) is 5.56 Å². The van der Waals surface area contributed by atoms with Crippen molar-refractivity contribution >= 4 is 46.5 Å². The monoisotopic (exact) mass is 542 g/mol. The molecule has 0 fully saturated rings. The summed E-state index contributed by atoms with van der Waals surface area (Å²) < 4.78 is 38.2. The van der Waals surface area contributed by atoms with E-state index in [4.69, 9.17) is 33.9 Å². The first-order valence-electron chi connectivity index (χ1n) is 10.6. The van der Waals surface area contributed by atoms with Crippen LogP contribution in [0.4, 0.5) is 18.9 Å². The Labute approximate surface area is 215 Å². The van der Waals surface area contributed by atoms with Crippen LogP contribution < -0.4 is 10.6 Å². The van der Waals surface area contributed by atoms with Crippen molar-refractivity contribution in [2.75, 3.05) is 25.0 Å². The Morgan fingerprint density at radius 3 is 2.56 bits per heavy atom. The molecule has 192 valence electrons. The third-order valence-electron chi connectivity index (χ3n) is 4.93. The Hall–Kier alpha value is -3.33. The van der Waals surface area contributed by atoms with Crippen molar-refractivity contribution in [3.8, 4) is 6.19 Å². The van der Waals surface area contributed by atoms with Crippen molar-refractivity contribution in [3.63, 3.8) is 0 Å². The highest BCUT2D eigenvalue weighted by Gasteiger charge is 2.28. The maximum absolute atomic E-state index is 12.7. The summed E-state index contributed by atoms with van der Waals surface area (Å²) in [6, 6.07) is 9.04. The van der Waals surface area contributed by atoms with E-state index in [1.807, 2.05) is 0 Å². The van der Waals surface area contributed by atoms with Crippen LogP contribution in [0.1, 0.15) is 18.1 Å². The molecule has 0 aliphatic rings. The summed E-state index contributed by atoms with van der Waals surface area (Å²) >= 11 is 12.0. The standard InChI is InChI=1S/C23H23Cl2F3N6O2/c1-2-34(20(36)12-35)19(21(30)15-6-7-17(24)18(25)9-15)11-31-22(32-13-29)33-16-5-3-4-14(8-16)10-23(26,27)28/h3-9,19,30,35H,2,10-12H2,1H3,(H2,31,32,33). The molecule has 1 amide bonds. The number of hydrogen-bond donors (Lipinski definition) is 4. The average Bonchev–Trinajstić information content (AvgIpc) is 2.81. The van der Waals surface area contributed by atoms with Crippen LogP contribution in [-0.2, 0) is 11.2 Å². The number of rotatable bonds is 9. The molecular formula is C23H23Cl2F3N6O2. The first-order valence-corrected chi connectivity index (χ1v) is 11.3. The Kier molecular flexibility index (Phi) is 10.5. The number of aliphatic hydroxyl groups excluding tert-OH is 1. The lowest BCUT2D eigenvalue weighted by Crippen LogP contribution is -2.48. The van der Waals surface area contributed by atoms with Crippen LogP contribution in [0.3, 0.4) is 0 Å². The molecule has 13 heteroatoms. The number of aliphatic hydroxyl groups is 1. The van der Waals surface area contributed by atoms with E-state index >= 15 is 0 Å². The second kappa shape index (κ2) is 13.1. The molecule has 0 spiro atoms. The van der Waals surface area contributed by atoms with E-state index in [0.717, 1.165) is 0 Å². The van der Waals surface area contributed by atoms with Crippen LogP contribution in [0, 0.1) is 16.9 Å². The molecule has 0 bridgehead atoms. The van der Waals surface area contributed by atoms with Crippen molar-refractivity contribution in [3.05, 3.63) is 63.6 Å². The van der Waals surface area contributed by atoms with Gasteiger partial charge in [-0.25, -0.2) is 4.99 Å². The summed E-state index contributed by atoms with van der Waals surface area (Å²) in [6.07, 6.45) is -3.83. The molecule has 1 atom stereocenters. The summed E-state index contributed by atoms with van der Waals surface area (Å²) in [5, 5.41) is 32.7. The van der Waals surface area contributed by atoms with Crippen LogP contribution in [-0.4, -0.2) is 59.5 Å². The highest BCUT2D eigenvalue weighted by atomic mass is 35.5. The lowest BCUT2D eigenvalue weighted by atomic mass is 10.0. The van der Waals surface area contributed by atoms with Crippen LogP contribution in [0.15, 0.2) is 47.5 Å². The summed E-state index contributed by atoms with van der Waals surface area (Å²) in [5.74, 6) is -0.758. The number of anilines is 1. The highest BCUT2D eigenvalue weighted by molar-refractivity contribution is 6.42. The first kappa shape index (κ1) is 28.9. The van der Waals surface area contributed by atoms with Gasteiger partial charge in [0.2, 0.25) is 11.9 Å². The summed E-state index contributed by atoms with van der Waals surface area (Å²) in [6.45, 7) is 0.774. The normalized spacial score (nSPS) is 12.4. The number of alkyl halides is 3. The number of nitrogens with one attached hydrogen (secondary N) is 3. The van der Waals surface area contributed by atoms with E-state index in [-0.39, 0.29) is 46.1 Å². The fraction of sp³-hybridized carbons (Fsp3) is 0.304. The van der Waals surface area contributed by atoms with Gasteiger partial charge in [0.25, 0.3) is 0 Å². The number of halogens is 5. The van der Waals surface area contributed by atoms with Gasteiger partial charge in [0.05, 0.1) is 34.8 Å². The Bertz CT molecular complexity index is 1170. The average molecular weight is 543 g/mol. The molecule has 36 heavy (non-hydrogen) atoms. The second-order valence-electron chi connectivity index (χ2n) is 7.44. The number of guanidine groups is 1. The molecule has 0 aromatic heterocycles. The zero-order chi connectivity index (χ0) is 26.9. The molecule has 0 aliphatic heterocycles. The van der Waals surface area contributed by atoms with Gasteiger partial charge in [-0.15, -0.1) is 0 Å². The molecule has 0 heterocycles. The molecular weight excluding hydrogens is 520 g/mol. The number of aliphatic imine (C=N–C) groups is 1. The van der Waals surface area contributed by atoms with Crippen LogP contribution in [0.25, 0.3) is 0 Å². The summed E-state index contributed by atoms with van der Waals surface area (Å²) in [7, 11) is 0. The van der Waals surface area contributed by atoms with Crippen molar-refractivity contribution in [2.24, 2.45) is 4.99 Å². The molecule has 0 saturated carbocycles. The van der Waals surface area contributed by atoms with E-state index in [2.05, 4.69) is 15.6 Å². The topological polar surface area (TPSA) is 125 Å². The Morgan fingerprint density at radius 2 is 1.97 bits per heavy atom.